The largest absolute Gasteiger partial charge is 0.501 e. The molecular weight excluding hydrogens is 602 g/mol. The Morgan fingerprint density at radius 1 is 1.09 bits per heavy atom. The first-order valence-electron chi connectivity index (χ1n) is 14.4. The van der Waals surface area contributed by atoms with Crippen LogP contribution in [0.2, 0.25) is 0 Å². The molecule has 1 aliphatic heterocycles. The minimum absolute atomic E-state index is 0.136. The molecule has 0 aliphatic carbocycles. The Bertz CT molecular complexity index is 1930. The third-order valence-electron chi connectivity index (χ3n) is 6.88. The van der Waals surface area contributed by atoms with Crippen LogP contribution in [0.15, 0.2) is 79.9 Å². The maximum Gasteiger partial charge on any atom is 0.246 e. The summed E-state index contributed by atoms with van der Waals surface area (Å²) < 4.78 is 39.7. The number of benzene rings is 2. The highest BCUT2D eigenvalue weighted by atomic mass is 19.1. The summed E-state index contributed by atoms with van der Waals surface area (Å²) in [6.07, 6.45) is 5.55. The van der Waals surface area contributed by atoms with Crippen molar-refractivity contribution in [3.05, 3.63) is 85.7 Å². The summed E-state index contributed by atoms with van der Waals surface area (Å²) in [4.78, 5) is 26.3. The van der Waals surface area contributed by atoms with Crippen LogP contribution in [-0.4, -0.2) is 90.2 Å². The van der Waals surface area contributed by atoms with E-state index in [1.807, 2.05) is 6.92 Å². The number of carbonyl (C=O) groups excluding carboxylic acids is 1. The molecule has 47 heavy (non-hydrogen) atoms. The van der Waals surface area contributed by atoms with Crippen LogP contribution in [0.3, 0.4) is 0 Å². The smallest absolute Gasteiger partial charge is 0.246 e. The number of nitrogens with zero attached hydrogens (tertiary/aromatic N) is 6. The number of fused-ring (bicyclic) bond motifs is 1. The van der Waals surface area contributed by atoms with Crippen molar-refractivity contribution in [2.24, 2.45) is 0 Å². The molecule has 0 saturated carbocycles. The van der Waals surface area contributed by atoms with Gasteiger partial charge in [-0.05, 0) is 42.6 Å². The molecule has 1 N–H and O–H groups in total. The van der Waals surface area contributed by atoms with Crippen LogP contribution in [0, 0.1) is 5.82 Å². The maximum atomic E-state index is 15.3. The fourth-order valence-corrected chi connectivity index (χ4v) is 4.69. The first-order valence-corrected chi connectivity index (χ1v) is 14.4. The molecule has 1 amide bonds. The number of hydrogen-bond donors (Lipinski definition) is 1. The van der Waals surface area contributed by atoms with Crippen molar-refractivity contribution in [2.75, 3.05) is 25.0 Å². The number of likely N-dealkylation sites (tertiary alicyclic amines) is 1. The number of nitrogens with one attached hydrogen (secondary N) is 1. The van der Waals surface area contributed by atoms with Crippen LogP contribution in [0.1, 0.15) is 6.92 Å². The molecule has 1 aliphatic rings. The normalized spacial score (nSPS) is 13.1. The standard InChI is InChI=1S/C31H25B3FN7O5/c1-3-29(43)41-15-20(16-41)45-26-12-21-24(13-25(26)44-4-2)37-17-38-30(21)39-23-7-6-19(11-22(23)35)46-28-9-10-42(40-28)18-5-8-27(36-14-18)47-31(32,33)34/h3,5-14,17,20H,1,4,15-16H2,2H3,(H,37,38,39). The Kier molecular flexibility index (Phi) is 8.75. The van der Waals surface area contributed by atoms with E-state index in [4.69, 9.17) is 42.5 Å². The van der Waals surface area contributed by atoms with E-state index in [1.165, 1.54) is 41.5 Å². The zero-order valence-electron chi connectivity index (χ0n) is 25.2. The summed E-state index contributed by atoms with van der Waals surface area (Å²) in [6.45, 7) is 6.63. The van der Waals surface area contributed by atoms with E-state index in [9.17, 15) is 4.79 Å². The fourth-order valence-electron chi connectivity index (χ4n) is 4.69. The van der Waals surface area contributed by atoms with Gasteiger partial charge in [0.25, 0.3) is 0 Å². The van der Waals surface area contributed by atoms with E-state index in [1.54, 1.807) is 41.4 Å². The van der Waals surface area contributed by atoms with Crippen molar-refractivity contribution >= 4 is 51.9 Å². The van der Waals surface area contributed by atoms with Crippen molar-refractivity contribution in [1.29, 1.82) is 0 Å². The van der Waals surface area contributed by atoms with Crippen LogP contribution < -0.4 is 24.3 Å². The zero-order chi connectivity index (χ0) is 33.1. The molecular formula is C31H25B3FN7O5. The summed E-state index contributed by atoms with van der Waals surface area (Å²) >= 11 is 0. The summed E-state index contributed by atoms with van der Waals surface area (Å²) in [5.41, 5.74) is 1.31. The summed E-state index contributed by atoms with van der Waals surface area (Å²) in [5.74, 6) is 1.14. The van der Waals surface area contributed by atoms with Gasteiger partial charge in [-0.2, -0.15) is 0 Å². The van der Waals surface area contributed by atoms with E-state index in [-0.39, 0.29) is 35.2 Å². The first kappa shape index (κ1) is 31.5. The second-order valence-electron chi connectivity index (χ2n) is 10.4. The molecule has 3 aromatic heterocycles. The van der Waals surface area contributed by atoms with Crippen molar-refractivity contribution in [1.82, 2.24) is 29.6 Å². The quantitative estimate of drug-likeness (QED) is 0.162. The molecule has 230 valence electrons. The van der Waals surface area contributed by atoms with Crippen LogP contribution >= 0.6 is 0 Å². The van der Waals surface area contributed by atoms with E-state index in [2.05, 4.69) is 31.9 Å². The Morgan fingerprint density at radius 2 is 1.91 bits per heavy atom. The number of carbonyl (C=O) groups is 1. The van der Waals surface area contributed by atoms with Crippen molar-refractivity contribution in [2.45, 2.75) is 18.3 Å². The lowest BCUT2D eigenvalue weighted by atomic mass is 9.52. The molecule has 0 atom stereocenters. The molecule has 0 spiro atoms. The minimum atomic E-state index is -1.86. The molecule has 6 rings (SSSR count). The molecule has 16 heteroatoms. The number of anilines is 2. The first-order chi connectivity index (χ1) is 22.6. The average Bonchev–Trinajstić information content (AvgIpc) is 3.48. The van der Waals surface area contributed by atoms with Gasteiger partial charge in [0.1, 0.15) is 53.4 Å². The highest BCUT2D eigenvalue weighted by Crippen LogP contribution is 2.37. The van der Waals surface area contributed by atoms with Gasteiger partial charge in [0.05, 0.1) is 42.8 Å². The third kappa shape index (κ3) is 7.32. The number of halogens is 1. The minimum Gasteiger partial charge on any atom is -0.501 e. The molecule has 1 fully saturated rings. The van der Waals surface area contributed by atoms with Gasteiger partial charge in [0.2, 0.25) is 17.7 Å². The Labute approximate surface area is 273 Å². The molecule has 1 saturated heterocycles. The Hall–Kier alpha value is -5.53. The van der Waals surface area contributed by atoms with Crippen molar-refractivity contribution in [3.63, 3.8) is 0 Å². The van der Waals surface area contributed by atoms with Gasteiger partial charge in [0, 0.05) is 35.8 Å². The van der Waals surface area contributed by atoms with Gasteiger partial charge < -0.3 is 29.2 Å². The predicted molar refractivity (Wildman–Crippen MR) is 174 cm³/mol. The van der Waals surface area contributed by atoms with Gasteiger partial charge in [-0.3, -0.25) is 4.79 Å². The molecule has 4 heterocycles. The number of ether oxygens (including phenoxy) is 4. The fraction of sp³-hybridized carbons (Fsp3) is 0.194. The SMILES string of the molecule is [B]C([B])([B])Oc1ccc(-n2ccc(Oc3ccc(Nc4ncnc5cc(OCC)c(OC6CN(C(=O)C=C)C6)cc45)c(F)c3)n2)cn1. The van der Waals surface area contributed by atoms with E-state index in [0.717, 1.165) is 0 Å². The second-order valence-corrected chi connectivity index (χ2v) is 10.4. The third-order valence-corrected chi connectivity index (χ3v) is 6.88. The Balaban J connectivity index is 1.16. The maximum absolute atomic E-state index is 15.3. The summed E-state index contributed by atoms with van der Waals surface area (Å²) in [7, 11) is 16.3. The lowest BCUT2D eigenvalue weighted by molar-refractivity contribution is -0.134. The number of aromatic nitrogens is 5. The highest BCUT2D eigenvalue weighted by Gasteiger charge is 2.32. The summed E-state index contributed by atoms with van der Waals surface area (Å²) in [6, 6.07) is 12.6. The van der Waals surface area contributed by atoms with Crippen LogP contribution in [0.4, 0.5) is 15.9 Å². The lowest BCUT2D eigenvalue weighted by Crippen LogP contribution is -2.55. The molecule has 6 radical (unpaired) electrons. The van der Waals surface area contributed by atoms with E-state index < -0.39 is 11.1 Å². The van der Waals surface area contributed by atoms with Crippen LogP contribution in [0.5, 0.6) is 29.0 Å². The van der Waals surface area contributed by atoms with Gasteiger partial charge in [-0.25, -0.2) is 24.0 Å². The van der Waals surface area contributed by atoms with Gasteiger partial charge in [-0.1, -0.05) is 6.58 Å². The molecule has 0 unspecified atom stereocenters. The Morgan fingerprint density at radius 3 is 2.62 bits per heavy atom. The van der Waals surface area contributed by atoms with Crippen molar-refractivity contribution in [3.8, 4) is 34.7 Å². The zero-order valence-corrected chi connectivity index (χ0v) is 25.2. The second kappa shape index (κ2) is 13.1. The molecule has 5 aromatic rings. The van der Waals surface area contributed by atoms with Crippen molar-refractivity contribution < 1.29 is 28.1 Å². The summed E-state index contributed by atoms with van der Waals surface area (Å²) in [5, 5.41) is 6.11. The lowest BCUT2D eigenvalue weighted by Gasteiger charge is -2.38. The molecule has 2 aromatic carbocycles. The highest BCUT2D eigenvalue weighted by molar-refractivity contribution is 6.58. The van der Waals surface area contributed by atoms with Gasteiger partial charge >= 0.3 is 0 Å². The van der Waals surface area contributed by atoms with E-state index in [0.29, 0.717) is 53.6 Å². The predicted octanol–water partition coefficient (Wildman–Crippen LogP) is 3.56. The number of hydrogen-bond acceptors (Lipinski definition) is 10. The number of amides is 1. The van der Waals surface area contributed by atoms with E-state index >= 15 is 4.39 Å². The van der Waals surface area contributed by atoms with Gasteiger partial charge in [0.15, 0.2) is 11.5 Å². The van der Waals surface area contributed by atoms with Gasteiger partial charge in [-0.15, -0.1) is 5.10 Å². The average molecular weight is 627 g/mol. The molecule has 0 bridgehead atoms. The molecule has 12 nitrogen and oxygen atoms in total. The number of rotatable bonds is 12. The van der Waals surface area contributed by atoms with Crippen LogP contribution in [-0.2, 0) is 4.79 Å². The monoisotopic (exact) mass is 627 g/mol. The number of pyridine rings is 1. The topological polar surface area (TPSA) is 126 Å². The van der Waals surface area contributed by atoms with Crippen LogP contribution in [0.25, 0.3) is 16.6 Å².